The molecule has 2 heterocycles. The van der Waals surface area contributed by atoms with Gasteiger partial charge in [0, 0.05) is 31.7 Å². The number of rotatable bonds is 10. The quantitative estimate of drug-likeness (QED) is 0.472. The Morgan fingerprint density at radius 2 is 2.06 bits per heavy atom. The van der Waals surface area contributed by atoms with Gasteiger partial charge in [0.05, 0.1) is 18.0 Å². The molecule has 0 saturated heterocycles. The summed E-state index contributed by atoms with van der Waals surface area (Å²) in [5.41, 5.74) is 2.30. The molecule has 0 aliphatic heterocycles. The van der Waals surface area contributed by atoms with Crippen LogP contribution in [0.3, 0.4) is 0 Å². The number of aliphatic hydroxyl groups excluding tert-OH is 1. The fourth-order valence-electron chi connectivity index (χ4n) is 4.41. The number of H-pyrrole nitrogens is 1. The van der Waals surface area contributed by atoms with Crippen molar-refractivity contribution in [1.82, 2.24) is 14.9 Å². The van der Waals surface area contributed by atoms with Crippen molar-refractivity contribution in [2.24, 2.45) is 0 Å². The zero-order valence-corrected chi connectivity index (χ0v) is 18.9. The van der Waals surface area contributed by atoms with Gasteiger partial charge in [-0.25, -0.2) is 4.98 Å². The zero-order chi connectivity index (χ0) is 21.6. The van der Waals surface area contributed by atoms with Crippen LogP contribution in [0, 0.1) is 0 Å². The molecule has 0 saturated carbocycles. The van der Waals surface area contributed by atoms with Crippen LogP contribution in [0.25, 0.3) is 10.2 Å². The Morgan fingerprint density at radius 1 is 1.26 bits per heavy atom. The molecule has 1 unspecified atom stereocenters. The second kappa shape index (κ2) is 10.5. The normalized spacial score (nSPS) is 14.8. The van der Waals surface area contributed by atoms with Crippen LogP contribution in [0.5, 0.6) is 0 Å². The maximum Gasteiger partial charge on any atom is 0.259 e. The lowest BCUT2D eigenvalue weighted by atomic mass is 9.97. The van der Waals surface area contributed by atoms with E-state index < -0.39 is 6.10 Å². The van der Waals surface area contributed by atoms with Crippen molar-refractivity contribution in [2.45, 2.75) is 51.2 Å². The minimum absolute atomic E-state index is 0.0268. The molecule has 0 fully saturated rings. The molecule has 1 aliphatic rings. The highest BCUT2D eigenvalue weighted by molar-refractivity contribution is 7.18. The van der Waals surface area contributed by atoms with Crippen molar-refractivity contribution in [3.63, 3.8) is 0 Å². The van der Waals surface area contributed by atoms with E-state index in [1.54, 1.807) is 18.4 Å². The fourth-order valence-corrected chi connectivity index (χ4v) is 5.69. The molecule has 3 aromatic rings. The highest BCUT2D eigenvalue weighted by atomic mass is 32.1. The molecule has 166 valence electrons. The Morgan fingerprint density at radius 3 is 2.87 bits per heavy atom. The van der Waals surface area contributed by atoms with Gasteiger partial charge in [-0.1, -0.05) is 30.3 Å². The molecule has 4 rings (SSSR count). The molecule has 1 atom stereocenters. The van der Waals surface area contributed by atoms with Crippen molar-refractivity contribution in [3.05, 3.63) is 62.5 Å². The Balaban J connectivity index is 1.50. The maximum atomic E-state index is 12.9. The van der Waals surface area contributed by atoms with E-state index in [1.807, 2.05) is 30.3 Å². The summed E-state index contributed by atoms with van der Waals surface area (Å²) in [6.45, 7) is 2.44. The van der Waals surface area contributed by atoms with Crippen LogP contribution in [0.15, 0.2) is 35.1 Å². The van der Waals surface area contributed by atoms with E-state index in [0.717, 1.165) is 48.0 Å². The lowest BCUT2D eigenvalue weighted by Gasteiger charge is -2.24. The number of ether oxygens (including phenoxy) is 1. The third kappa shape index (κ3) is 5.60. The molecule has 1 aromatic carbocycles. The second-order valence-corrected chi connectivity index (χ2v) is 9.41. The number of hydrogen-bond acceptors (Lipinski definition) is 6. The van der Waals surface area contributed by atoms with Gasteiger partial charge < -0.3 is 14.8 Å². The van der Waals surface area contributed by atoms with E-state index in [1.165, 1.54) is 16.9 Å². The van der Waals surface area contributed by atoms with E-state index >= 15 is 0 Å². The van der Waals surface area contributed by atoms with Gasteiger partial charge in [-0.3, -0.25) is 9.69 Å². The lowest BCUT2D eigenvalue weighted by Crippen LogP contribution is -2.35. The maximum absolute atomic E-state index is 12.9. The summed E-state index contributed by atoms with van der Waals surface area (Å²) >= 11 is 1.67. The van der Waals surface area contributed by atoms with E-state index in [9.17, 15) is 9.90 Å². The monoisotopic (exact) mass is 441 g/mol. The zero-order valence-electron chi connectivity index (χ0n) is 18.1. The van der Waals surface area contributed by atoms with Crippen LogP contribution in [0.1, 0.15) is 41.1 Å². The number of aromatic nitrogens is 2. The number of aliphatic hydroxyl groups is 1. The first-order chi connectivity index (χ1) is 15.1. The number of nitrogens with one attached hydrogen (secondary N) is 1. The molecule has 31 heavy (non-hydrogen) atoms. The van der Waals surface area contributed by atoms with Crippen LogP contribution in [-0.2, 0) is 30.5 Å². The number of aryl methyl sites for hydroxylation is 2. The predicted octanol–water partition coefficient (Wildman–Crippen LogP) is 3.31. The summed E-state index contributed by atoms with van der Waals surface area (Å²) in [5, 5.41) is 11.5. The van der Waals surface area contributed by atoms with Gasteiger partial charge in [-0.05, 0) is 49.7 Å². The van der Waals surface area contributed by atoms with Gasteiger partial charge in [0.1, 0.15) is 10.7 Å². The molecule has 2 N–H and O–H groups in total. The Kier molecular flexibility index (Phi) is 7.50. The van der Waals surface area contributed by atoms with Gasteiger partial charge in [-0.15, -0.1) is 11.3 Å². The summed E-state index contributed by atoms with van der Waals surface area (Å²) in [6.07, 6.45) is 5.34. The first-order valence-electron chi connectivity index (χ1n) is 11.1. The summed E-state index contributed by atoms with van der Waals surface area (Å²) < 4.78 is 5.21. The van der Waals surface area contributed by atoms with Crippen LogP contribution >= 0.6 is 11.3 Å². The van der Waals surface area contributed by atoms with Crippen molar-refractivity contribution in [3.8, 4) is 0 Å². The molecule has 0 amide bonds. The van der Waals surface area contributed by atoms with Crippen LogP contribution in [0.2, 0.25) is 0 Å². The van der Waals surface area contributed by atoms with Crippen molar-refractivity contribution >= 4 is 21.6 Å². The highest BCUT2D eigenvalue weighted by Gasteiger charge is 2.21. The molecule has 6 nitrogen and oxygen atoms in total. The van der Waals surface area contributed by atoms with Gasteiger partial charge in [0.15, 0.2) is 0 Å². The number of nitrogens with zero attached hydrogens (tertiary/aromatic N) is 2. The molecule has 1 aliphatic carbocycles. The Bertz CT molecular complexity index is 1050. The SMILES string of the molecule is COCCCN(Cc1nc2sc3c(c2c(=O)[nH]1)CCCC3)CC(O)Cc1ccccc1. The third-order valence-electron chi connectivity index (χ3n) is 5.85. The van der Waals surface area contributed by atoms with Crippen LogP contribution in [0.4, 0.5) is 0 Å². The van der Waals surface area contributed by atoms with Gasteiger partial charge >= 0.3 is 0 Å². The molecule has 0 radical (unpaired) electrons. The highest BCUT2D eigenvalue weighted by Crippen LogP contribution is 2.33. The number of hydrogen-bond donors (Lipinski definition) is 2. The second-order valence-electron chi connectivity index (χ2n) is 8.33. The first-order valence-corrected chi connectivity index (χ1v) is 11.9. The van der Waals surface area contributed by atoms with E-state index in [2.05, 4.69) is 9.88 Å². The summed E-state index contributed by atoms with van der Waals surface area (Å²) in [4.78, 5) is 25.0. The minimum atomic E-state index is -0.491. The lowest BCUT2D eigenvalue weighted by molar-refractivity contribution is 0.0980. The molecular weight excluding hydrogens is 410 g/mol. The third-order valence-corrected chi connectivity index (χ3v) is 7.04. The summed E-state index contributed by atoms with van der Waals surface area (Å²) in [6, 6.07) is 10.0. The largest absolute Gasteiger partial charge is 0.391 e. The standard InChI is InChI=1S/C24H31N3O3S/c1-30-13-7-12-27(15-18(28)14-17-8-3-2-4-9-17)16-21-25-23(29)22-19-10-5-6-11-20(19)31-24(22)26-21/h2-4,8-9,18,28H,5-7,10-16H2,1H3,(H,25,26,29). The number of benzene rings is 1. The van der Waals surface area contributed by atoms with Crippen molar-refractivity contribution < 1.29 is 9.84 Å². The van der Waals surface area contributed by atoms with Crippen molar-refractivity contribution in [2.75, 3.05) is 26.8 Å². The predicted molar refractivity (Wildman–Crippen MR) is 125 cm³/mol. The van der Waals surface area contributed by atoms with E-state index in [4.69, 9.17) is 9.72 Å². The van der Waals surface area contributed by atoms with E-state index in [-0.39, 0.29) is 5.56 Å². The Labute approximate surface area is 186 Å². The molecular formula is C24H31N3O3S. The molecule has 0 bridgehead atoms. The number of methoxy groups -OCH3 is 1. The topological polar surface area (TPSA) is 78.5 Å². The van der Waals surface area contributed by atoms with Gasteiger partial charge in [0.25, 0.3) is 5.56 Å². The molecule has 0 spiro atoms. The summed E-state index contributed by atoms with van der Waals surface area (Å²) in [5.74, 6) is 0.667. The minimum Gasteiger partial charge on any atom is -0.391 e. The Hall–Kier alpha value is -2.06. The fraction of sp³-hybridized carbons (Fsp3) is 0.500. The van der Waals surface area contributed by atoms with Crippen molar-refractivity contribution in [1.29, 1.82) is 0 Å². The number of aromatic amines is 1. The first kappa shape index (κ1) is 22.1. The number of fused-ring (bicyclic) bond motifs is 3. The van der Waals surface area contributed by atoms with Crippen LogP contribution < -0.4 is 5.56 Å². The molecule has 7 heteroatoms. The summed E-state index contributed by atoms with van der Waals surface area (Å²) in [7, 11) is 1.69. The average molecular weight is 442 g/mol. The molecule has 2 aromatic heterocycles. The van der Waals surface area contributed by atoms with E-state index in [0.29, 0.717) is 31.9 Å². The number of thiophene rings is 1. The smallest absolute Gasteiger partial charge is 0.259 e. The van der Waals surface area contributed by atoms with Crippen LogP contribution in [-0.4, -0.2) is 52.9 Å². The van der Waals surface area contributed by atoms with Gasteiger partial charge in [0.2, 0.25) is 0 Å². The van der Waals surface area contributed by atoms with Gasteiger partial charge in [-0.2, -0.15) is 0 Å². The average Bonchev–Trinajstić information content (AvgIpc) is 3.13.